The van der Waals surface area contributed by atoms with Crippen molar-refractivity contribution in [3.8, 4) is 0 Å². The molecule has 1 fully saturated rings. The van der Waals surface area contributed by atoms with Gasteiger partial charge in [-0.3, -0.25) is 0 Å². The molecule has 0 aromatic rings. The van der Waals surface area contributed by atoms with Crippen LogP contribution in [-0.2, 0) is 0 Å². The van der Waals surface area contributed by atoms with Crippen LogP contribution in [0.15, 0.2) is 0 Å². The van der Waals surface area contributed by atoms with Gasteiger partial charge >= 0.3 is 6.03 Å². The largest absolute Gasteiger partial charge is 0.395 e. The molecule has 0 aliphatic heterocycles. The zero-order chi connectivity index (χ0) is 11.5. The number of rotatable bonds is 5. The van der Waals surface area contributed by atoms with Gasteiger partial charge in [0.25, 0.3) is 0 Å². The minimum atomic E-state index is -0.0871. The Hall–Kier alpha value is -0.770. The first-order valence-corrected chi connectivity index (χ1v) is 5.61. The fourth-order valence-electron chi connectivity index (χ4n) is 1.76. The fraction of sp³-hybridized carbons (Fsp3) is 0.909. The maximum absolute atomic E-state index is 11.5. The predicted octanol–water partition coefficient (Wildman–Crippen LogP) is 1.06. The third kappa shape index (κ3) is 3.09. The molecule has 4 heteroatoms. The molecule has 15 heavy (non-hydrogen) atoms. The number of likely N-dealkylation sites (N-methyl/N-ethyl adjacent to an activating group) is 1. The molecular formula is C11H22N2O2. The highest BCUT2D eigenvalue weighted by Crippen LogP contribution is 2.51. The molecule has 0 aromatic carbocycles. The number of hydrogen-bond acceptors (Lipinski definition) is 2. The van der Waals surface area contributed by atoms with E-state index in [1.54, 1.807) is 7.05 Å². The van der Waals surface area contributed by atoms with Crippen molar-refractivity contribution in [2.45, 2.75) is 26.7 Å². The average Bonchev–Trinajstić information content (AvgIpc) is 2.95. The van der Waals surface area contributed by atoms with Gasteiger partial charge in [-0.15, -0.1) is 0 Å². The van der Waals surface area contributed by atoms with E-state index in [9.17, 15) is 4.79 Å². The number of nitrogens with zero attached hydrogens (tertiary/aromatic N) is 1. The van der Waals surface area contributed by atoms with Crippen LogP contribution < -0.4 is 5.32 Å². The highest BCUT2D eigenvalue weighted by Gasteiger charge is 2.45. The zero-order valence-corrected chi connectivity index (χ0v) is 9.92. The Kier molecular flexibility index (Phi) is 3.97. The van der Waals surface area contributed by atoms with Crippen LogP contribution in [0.5, 0.6) is 0 Å². The van der Waals surface area contributed by atoms with Gasteiger partial charge in [-0.1, -0.05) is 13.8 Å². The van der Waals surface area contributed by atoms with Crippen LogP contribution in [0, 0.1) is 11.3 Å². The molecule has 1 aliphatic rings. The van der Waals surface area contributed by atoms with Crippen molar-refractivity contribution in [2.75, 3.05) is 26.7 Å². The quantitative estimate of drug-likeness (QED) is 0.719. The second kappa shape index (κ2) is 4.84. The van der Waals surface area contributed by atoms with Gasteiger partial charge in [-0.05, 0) is 24.2 Å². The summed E-state index contributed by atoms with van der Waals surface area (Å²) in [6, 6.07) is -0.0871. The lowest BCUT2D eigenvalue weighted by atomic mass is 9.92. The first-order valence-electron chi connectivity index (χ1n) is 5.61. The second-order valence-electron chi connectivity index (χ2n) is 4.82. The molecule has 4 nitrogen and oxygen atoms in total. The lowest BCUT2D eigenvalue weighted by molar-refractivity contribution is 0.186. The molecule has 0 saturated heterocycles. The van der Waals surface area contributed by atoms with Gasteiger partial charge in [0.2, 0.25) is 0 Å². The van der Waals surface area contributed by atoms with Crippen molar-refractivity contribution in [3.63, 3.8) is 0 Å². The lowest BCUT2D eigenvalue weighted by Crippen LogP contribution is -2.42. The Labute approximate surface area is 91.6 Å². The van der Waals surface area contributed by atoms with Gasteiger partial charge in [-0.2, -0.15) is 0 Å². The van der Waals surface area contributed by atoms with E-state index >= 15 is 0 Å². The minimum Gasteiger partial charge on any atom is -0.395 e. The molecule has 2 N–H and O–H groups in total. The average molecular weight is 214 g/mol. The summed E-state index contributed by atoms with van der Waals surface area (Å²) in [6.45, 7) is 5.58. The van der Waals surface area contributed by atoms with Crippen LogP contribution in [0.2, 0.25) is 0 Å². The monoisotopic (exact) mass is 214 g/mol. The van der Waals surface area contributed by atoms with Gasteiger partial charge in [-0.25, -0.2) is 4.79 Å². The molecule has 0 aromatic heterocycles. The third-order valence-corrected chi connectivity index (χ3v) is 3.49. The Bertz CT molecular complexity index is 225. The molecule has 88 valence electrons. The van der Waals surface area contributed by atoms with Crippen LogP contribution in [0.25, 0.3) is 0 Å². The predicted molar refractivity (Wildman–Crippen MR) is 59.6 cm³/mol. The van der Waals surface area contributed by atoms with Gasteiger partial charge in [0.1, 0.15) is 0 Å². The Morgan fingerprint density at radius 2 is 2.13 bits per heavy atom. The smallest absolute Gasteiger partial charge is 0.317 e. The topological polar surface area (TPSA) is 52.6 Å². The molecule has 1 rings (SSSR count). The van der Waals surface area contributed by atoms with Crippen LogP contribution in [0.3, 0.4) is 0 Å². The van der Waals surface area contributed by atoms with Gasteiger partial charge < -0.3 is 15.3 Å². The number of amides is 2. The lowest BCUT2D eigenvalue weighted by Gasteiger charge is -2.23. The number of hydrogen-bond donors (Lipinski definition) is 2. The van der Waals surface area contributed by atoms with Crippen molar-refractivity contribution >= 4 is 6.03 Å². The summed E-state index contributed by atoms with van der Waals surface area (Å²) in [6.07, 6.45) is 2.43. The van der Waals surface area contributed by atoms with Crippen LogP contribution in [0.1, 0.15) is 26.7 Å². The van der Waals surface area contributed by atoms with Crippen molar-refractivity contribution in [2.24, 2.45) is 11.3 Å². The second-order valence-corrected chi connectivity index (χ2v) is 4.82. The number of urea groups is 1. The Morgan fingerprint density at radius 1 is 1.53 bits per heavy atom. The summed E-state index contributed by atoms with van der Waals surface area (Å²) in [5.41, 5.74) is 0.343. The van der Waals surface area contributed by atoms with E-state index in [1.165, 1.54) is 17.7 Å². The normalized spacial score (nSPS) is 17.7. The number of aliphatic hydroxyl groups excluding tert-OH is 1. The maximum atomic E-state index is 11.5. The van der Waals surface area contributed by atoms with Gasteiger partial charge in [0.05, 0.1) is 6.61 Å². The molecule has 0 heterocycles. The van der Waals surface area contributed by atoms with E-state index in [2.05, 4.69) is 19.2 Å². The van der Waals surface area contributed by atoms with E-state index in [0.717, 1.165) is 6.54 Å². The molecule has 0 spiro atoms. The molecule has 0 radical (unpaired) electrons. The maximum Gasteiger partial charge on any atom is 0.317 e. The molecule has 1 saturated carbocycles. The summed E-state index contributed by atoms with van der Waals surface area (Å²) in [7, 11) is 1.69. The first-order chi connectivity index (χ1) is 7.02. The fourth-order valence-corrected chi connectivity index (χ4v) is 1.76. The highest BCUT2D eigenvalue weighted by molar-refractivity contribution is 5.73. The van der Waals surface area contributed by atoms with E-state index in [-0.39, 0.29) is 12.6 Å². The van der Waals surface area contributed by atoms with Crippen molar-refractivity contribution in [1.29, 1.82) is 0 Å². The summed E-state index contributed by atoms with van der Waals surface area (Å²) in [4.78, 5) is 13.0. The van der Waals surface area contributed by atoms with E-state index in [1.807, 2.05) is 0 Å². The summed E-state index contributed by atoms with van der Waals surface area (Å²) in [5.74, 6) is 0.626. The number of carbonyl (C=O) groups is 1. The summed E-state index contributed by atoms with van der Waals surface area (Å²) in [5, 5.41) is 11.6. The molecule has 0 bridgehead atoms. The number of carbonyl (C=O) groups excluding carboxylic acids is 1. The van der Waals surface area contributed by atoms with Crippen molar-refractivity contribution < 1.29 is 9.90 Å². The van der Waals surface area contributed by atoms with Crippen LogP contribution >= 0.6 is 0 Å². The van der Waals surface area contributed by atoms with Gasteiger partial charge in [0, 0.05) is 20.1 Å². The molecule has 2 amide bonds. The third-order valence-electron chi connectivity index (χ3n) is 3.49. The van der Waals surface area contributed by atoms with Gasteiger partial charge in [0.15, 0.2) is 0 Å². The van der Waals surface area contributed by atoms with E-state index in [4.69, 9.17) is 5.11 Å². The number of aliphatic hydroxyl groups is 1. The molecular weight excluding hydrogens is 192 g/mol. The van der Waals surface area contributed by atoms with Crippen molar-refractivity contribution in [1.82, 2.24) is 10.2 Å². The Morgan fingerprint density at radius 3 is 2.53 bits per heavy atom. The molecule has 0 atom stereocenters. The molecule has 1 aliphatic carbocycles. The minimum absolute atomic E-state index is 0.0131. The zero-order valence-electron chi connectivity index (χ0n) is 9.92. The molecule has 0 unspecified atom stereocenters. The standard InChI is InChI=1S/C11H22N2O2/c1-9(2)11(4-5-11)8-12-10(15)13(3)6-7-14/h9,14H,4-8H2,1-3H3,(H,12,15). The Balaban J connectivity index is 2.28. The van der Waals surface area contributed by atoms with E-state index in [0.29, 0.717) is 17.9 Å². The first kappa shape index (κ1) is 12.3. The SMILES string of the molecule is CC(C)C1(CNC(=O)N(C)CCO)CC1. The summed E-state index contributed by atoms with van der Waals surface area (Å²) >= 11 is 0. The number of nitrogens with one attached hydrogen (secondary N) is 1. The van der Waals surface area contributed by atoms with Crippen LogP contribution in [0.4, 0.5) is 4.79 Å². The van der Waals surface area contributed by atoms with Crippen molar-refractivity contribution in [3.05, 3.63) is 0 Å². The summed E-state index contributed by atoms with van der Waals surface area (Å²) < 4.78 is 0. The van der Waals surface area contributed by atoms with Crippen LogP contribution in [-0.4, -0.2) is 42.8 Å². The van der Waals surface area contributed by atoms with E-state index < -0.39 is 0 Å². The highest BCUT2D eigenvalue weighted by atomic mass is 16.3.